The summed E-state index contributed by atoms with van der Waals surface area (Å²) in [6, 6.07) is 20.7. The van der Waals surface area contributed by atoms with Crippen LogP contribution in [0.2, 0.25) is 5.02 Å². The molecule has 2 atom stereocenters. The van der Waals surface area contributed by atoms with E-state index in [0.717, 1.165) is 23.0 Å². The van der Waals surface area contributed by atoms with Crippen molar-refractivity contribution >= 4 is 29.8 Å². The first-order chi connectivity index (χ1) is 19.4. The Morgan fingerprint density at radius 2 is 1.66 bits per heavy atom. The lowest BCUT2D eigenvalue weighted by molar-refractivity contribution is -0.173. The summed E-state index contributed by atoms with van der Waals surface area (Å²) in [5, 5.41) is 16.0. The normalized spacial score (nSPS) is 19.4. The number of ether oxygens (including phenoxy) is 1. The van der Waals surface area contributed by atoms with Gasteiger partial charge in [0.15, 0.2) is 0 Å². The highest BCUT2D eigenvalue weighted by Gasteiger charge is 2.51. The fourth-order valence-electron chi connectivity index (χ4n) is 5.57. The van der Waals surface area contributed by atoms with Crippen LogP contribution in [0.15, 0.2) is 72.8 Å². The molecule has 1 heterocycles. The fraction of sp³-hybridized carbons (Fsp3) is 0.364. The van der Waals surface area contributed by atoms with E-state index in [9.17, 15) is 19.5 Å². The predicted octanol–water partition coefficient (Wildman–Crippen LogP) is 5.99. The molecule has 0 spiro atoms. The van der Waals surface area contributed by atoms with Gasteiger partial charge in [0.25, 0.3) is 5.91 Å². The number of hydrogen-bond acceptors (Lipinski definition) is 6. The van der Waals surface area contributed by atoms with E-state index in [1.807, 2.05) is 50.9 Å². The standard InChI is InChI=1S/C33H37ClN2O5/c1-22(2)29(20-37)36(35-18-17-33(40,32(3,4)21-35)27-13-15-28(34)16-14-27)30(38)26-8-6-7-25(19-26)23-9-11-24(12-10-23)31(39)41-5/h6-16,19-20,22,29,40H,17-18,21H2,1-5H3/t29-,33-/m0/s1. The number of carbonyl (C=O) groups excluding carboxylic acids is 3. The molecule has 8 heteroatoms. The maximum absolute atomic E-state index is 14.2. The Morgan fingerprint density at radius 1 is 1.00 bits per heavy atom. The number of nitrogens with zero attached hydrogens (tertiary/aromatic N) is 2. The Labute approximate surface area is 246 Å². The van der Waals surface area contributed by atoms with Crippen molar-refractivity contribution in [2.45, 2.75) is 45.8 Å². The van der Waals surface area contributed by atoms with Crippen molar-refractivity contribution in [1.82, 2.24) is 10.0 Å². The van der Waals surface area contributed by atoms with Crippen molar-refractivity contribution in [3.8, 4) is 11.1 Å². The van der Waals surface area contributed by atoms with Crippen LogP contribution in [0.3, 0.4) is 0 Å². The molecule has 3 aromatic rings. The summed E-state index contributed by atoms with van der Waals surface area (Å²) in [7, 11) is 1.34. The zero-order valence-electron chi connectivity index (χ0n) is 24.1. The minimum absolute atomic E-state index is 0.134. The summed E-state index contributed by atoms with van der Waals surface area (Å²) in [6.07, 6.45) is 1.19. The number of piperidine rings is 1. The number of hydrogen-bond donors (Lipinski definition) is 1. The first-order valence-electron chi connectivity index (χ1n) is 13.7. The Morgan fingerprint density at radius 3 is 2.22 bits per heavy atom. The van der Waals surface area contributed by atoms with E-state index in [0.29, 0.717) is 35.7 Å². The monoisotopic (exact) mass is 576 g/mol. The third-order valence-electron chi connectivity index (χ3n) is 8.12. The predicted molar refractivity (Wildman–Crippen MR) is 159 cm³/mol. The van der Waals surface area contributed by atoms with Gasteiger partial charge in [-0.25, -0.2) is 9.80 Å². The highest BCUT2D eigenvalue weighted by molar-refractivity contribution is 6.30. The van der Waals surface area contributed by atoms with Gasteiger partial charge in [-0.2, -0.15) is 0 Å². The highest BCUT2D eigenvalue weighted by Crippen LogP contribution is 2.47. The molecule has 1 aliphatic heterocycles. The van der Waals surface area contributed by atoms with Crippen molar-refractivity contribution in [2.24, 2.45) is 11.3 Å². The number of rotatable bonds is 8. The van der Waals surface area contributed by atoms with Crippen LogP contribution in [0.25, 0.3) is 11.1 Å². The van der Waals surface area contributed by atoms with Crippen molar-refractivity contribution in [2.75, 3.05) is 20.2 Å². The molecule has 0 unspecified atom stereocenters. The number of aldehydes is 1. The van der Waals surface area contributed by atoms with Gasteiger partial charge < -0.3 is 14.6 Å². The molecular weight excluding hydrogens is 540 g/mol. The first-order valence-corrected chi connectivity index (χ1v) is 14.1. The van der Waals surface area contributed by atoms with Gasteiger partial charge in [0.2, 0.25) is 0 Å². The van der Waals surface area contributed by atoms with Crippen LogP contribution in [0, 0.1) is 11.3 Å². The second-order valence-corrected chi connectivity index (χ2v) is 12.0. The molecule has 0 saturated carbocycles. The molecule has 1 fully saturated rings. The minimum atomic E-state index is -1.15. The number of methoxy groups -OCH3 is 1. The number of carbonyl (C=O) groups is 3. The SMILES string of the molecule is COC(=O)c1ccc(-c2cccc(C(=O)N([C@@H](C=O)C(C)C)N3CC[C@](O)(c4ccc(Cl)cc4)C(C)(C)C3)c2)cc1. The van der Waals surface area contributed by atoms with Crippen LogP contribution in [-0.2, 0) is 15.1 Å². The molecule has 41 heavy (non-hydrogen) atoms. The smallest absolute Gasteiger partial charge is 0.337 e. The zero-order valence-corrected chi connectivity index (χ0v) is 24.9. The summed E-state index contributed by atoms with van der Waals surface area (Å²) in [6.45, 7) is 8.50. The van der Waals surface area contributed by atoms with Crippen LogP contribution in [0.5, 0.6) is 0 Å². The second-order valence-electron chi connectivity index (χ2n) is 11.6. The van der Waals surface area contributed by atoms with Crippen molar-refractivity contribution < 1.29 is 24.2 Å². The van der Waals surface area contributed by atoms with Crippen LogP contribution < -0.4 is 0 Å². The van der Waals surface area contributed by atoms with E-state index in [1.165, 1.54) is 7.11 Å². The van der Waals surface area contributed by atoms with Crippen molar-refractivity contribution in [3.63, 3.8) is 0 Å². The lowest BCUT2D eigenvalue weighted by Crippen LogP contribution is -2.63. The Bertz CT molecular complexity index is 1400. The minimum Gasteiger partial charge on any atom is -0.465 e. The summed E-state index contributed by atoms with van der Waals surface area (Å²) >= 11 is 6.10. The zero-order chi connectivity index (χ0) is 29.9. The number of halogens is 1. The molecular formula is C33H37ClN2O5. The number of esters is 1. The lowest BCUT2D eigenvalue weighted by Gasteiger charge is -2.53. The molecule has 0 radical (unpaired) electrons. The number of amides is 1. The van der Waals surface area contributed by atoms with Gasteiger partial charge >= 0.3 is 5.97 Å². The molecule has 7 nitrogen and oxygen atoms in total. The van der Waals surface area contributed by atoms with Gasteiger partial charge in [0.05, 0.1) is 18.3 Å². The van der Waals surface area contributed by atoms with Gasteiger partial charge in [0.1, 0.15) is 12.3 Å². The van der Waals surface area contributed by atoms with Crippen LogP contribution in [0.1, 0.15) is 60.4 Å². The van der Waals surface area contributed by atoms with Gasteiger partial charge in [-0.05, 0) is 65.4 Å². The molecule has 0 bridgehead atoms. The van der Waals surface area contributed by atoms with E-state index in [1.54, 1.807) is 59.6 Å². The largest absolute Gasteiger partial charge is 0.465 e. The highest BCUT2D eigenvalue weighted by atomic mass is 35.5. The quantitative estimate of drug-likeness (QED) is 0.262. The molecule has 1 amide bonds. The maximum Gasteiger partial charge on any atom is 0.337 e. The average molecular weight is 577 g/mol. The van der Waals surface area contributed by atoms with Gasteiger partial charge in [0, 0.05) is 29.1 Å². The van der Waals surface area contributed by atoms with E-state index in [-0.39, 0.29) is 11.8 Å². The summed E-state index contributed by atoms with van der Waals surface area (Å²) < 4.78 is 4.78. The molecule has 0 aromatic heterocycles. The van der Waals surface area contributed by atoms with E-state index < -0.39 is 23.0 Å². The Hall–Kier alpha value is -3.52. The number of hydrazine groups is 1. The number of aliphatic hydroxyl groups is 1. The molecule has 0 aliphatic carbocycles. The number of benzene rings is 3. The summed E-state index contributed by atoms with van der Waals surface area (Å²) in [5.74, 6) is -0.848. The third-order valence-corrected chi connectivity index (χ3v) is 8.37. The maximum atomic E-state index is 14.2. The molecule has 3 aromatic carbocycles. The molecule has 216 valence electrons. The van der Waals surface area contributed by atoms with Crippen LogP contribution in [-0.4, -0.2) is 59.5 Å². The van der Waals surface area contributed by atoms with Gasteiger partial charge in [-0.1, -0.05) is 75.7 Å². The summed E-state index contributed by atoms with van der Waals surface area (Å²) in [5.41, 5.74) is 1.47. The average Bonchev–Trinajstić information content (AvgIpc) is 2.96. The fourth-order valence-corrected chi connectivity index (χ4v) is 5.70. The van der Waals surface area contributed by atoms with Crippen molar-refractivity contribution in [1.29, 1.82) is 0 Å². The molecule has 1 N–H and O–H groups in total. The molecule has 1 saturated heterocycles. The second kappa shape index (κ2) is 12.1. The van der Waals surface area contributed by atoms with Crippen LogP contribution in [0.4, 0.5) is 0 Å². The van der Waals surface area contributed by atoms with E-state index in [4.69, 9.17) is 16.3 Å². The van der Waals surface area contributed by atoms with E-state index >= 15 is 0 Å². The topological polar surface area (TPSA) is 87.2 Å². The van der Waals surface area contributed by atoms with Crippen LogP contribution >= 0.6 is 11.6 Å². The Kier molecular flexibility index (Phi) is 9.02. The third kappa shape index (κ3) is 6.08. The molecule has 1 aliphatic rings. The van der Waals surface area contributed by atoms with Crippen molar-refractivity contribution in [3.05, 3.63) is 94.5 Å². The summed E-state index contributed by atoms with van der Waals surface area (Å²) in [4.78, 5) is 38.4. The van der Waals surface area contributed by atoms with Gasteiger partial charge in [-0.15, -0.1) is 0 Å². The molecule has 4 rings (SSSR count). The van der Waals surface area contributed by atoms with E-state index in [2.05, 4.69) is 0 Å². The lowest BCUT2D eigenvalue weighted by atomic mass is 9.67. The Balaban J connectivity index is 1.66. The van der Waals surface area contributed by atoms with Gasteiger partial charge in [-0.3, -0.25) is 9.80 Å². The first kappa shape index (κ1) is 30.4.